The van der Waals surface area contributed by atoms with Crippen molar-refractivity contribution in [2.24, 2.45) is 0 Å². The van der Waals surface area contributed by atoms with Gasteiger partial charge in [-0.3, -0.25) is 4.79 Å². The molecule has 12 heteroatoms. The van der Waals surface area contributed by atoms with E-state index in [9.17, 15) is 17.6 Å². The molecule has 174 valence electrons. The molecule has 4 rings (SSSR count). The summed E-state index contributed by atoms with van der Waals surface area (Å²) in [5.41, 5.74) is 1.61. The number of ether oxygens (including phenoxy) is 1. The van der Waals surface area contributed by atoms with E-state index in [0.29, 0.717) is 5.69 Å². The molecule has 1 saturated heterocycles. The van der Waals surface area contributed by atoms with E-state index in [-0.39, 0.29) is 43.0 Å². The topological polar surface area (TPSA) is 119 Å². The van der Waals surface area contributed by atoms with Gasteiger partial charge in [0.05, 0.1) is 29.4 Å². The smallest absolute Gasteiger partial charge is 0.259 e. The van der Waals surface area contributed by atoms with Crippen LogP contribution in [-0.4, -0.2) is 64.7 Å². The van der Waals surface area contributed by atoms with Crippen molar-refractivity contribution in [1.82, 2.24) is 24.1 Å². The average Bonchev–Trinajstić information content (AvgIpc) is 3.13. The Morgan fingerprint density at radius 1 is 1.03 bits per heavy atom. The van der Waals surface area contributed by atoms with Crippen molar-refractivity contribution in [3.63, 3.8) is 0 Å². The third-order valence-electron chi connectivity index (χ3n) is 5.02. The number of aromatic nitrogens is 4. The number of morpholine rings is 1. The van der Waals surface area contributed by atoms with Gasteiger partial charge in [0.2, 0.25) is 10.0 Å². The van der Waals surface area contributed by atoms with Gasteiger partial charge in [-0.25, -0.2) is 22.8 Å². The van der Waals surface area contributed by atoms with Gasteiger partial charge in [-0.05, 0) is 45.0 Å². The molecular weight excluding hydrogens is 451 g/mol. The number of carbonyl (C=O) groups is 1. The fourth-order valence-electron chi connectivity index (χ4n) is 3.50. The maximum Gasteiger partial charge on any atom is 0.259 e. The summed E-state index contributed by atoms with van der Waals surface area (Å²) in [7, 11) is -3.90. The van der Waals surface area contributed by atoms with Crippen LogP contribution in [-0.2, 0) is 14.8 Å². The van der Waals surface area contributed by atoms with E-state index in [1.54, 1.807) is 19.1 Å². The first-order chi connectivity index (χ1) is 15.6. The SMILES string of the molecule is Cc1cc(C)nc(-n2nc(C)cc2NC(=O)c2cc(S(=O)(=O)N3CCOCC3)ccc2F)n1. The second-order valence-corrected chi connectivity index (χ2v) is 9.58. The van der Waals surface area contributed by atoms with Crippen molar-refractivity contribution in [3.8, 4) is 5.95 Å². The Hall–Kier alpha value is -3.22. The van der Waals surface area contributed by atoms with Crippen molar-refractivity contribution in [1.29, 1.82) is 0 Å². The van der Waals surface area contributed by atoms with E-state index in [2.05, 4.69) is 20.4 Å². The fraction of sp³-hybridized carbons (Fsp3) is 0.333. The molecule has 3 heterocycles. The van der Waals surface area contributed by atoms with Gasteiger partial charge in [-0.2, -0.15) is 14.1 Å². The van der Waals surface area contributed by atoms with E-state index in [1.807, 2.05) is 13.8 Å². The number of rotatable bonds is 5. The molecule has 33 heavy (non-hydrogen) atoms. The van der Waals surface area contributed by atoms with Crippen molar-refractivity contribution in [3.05, 3.63) is 58.8 Å². The number of nitrogens with zero attached hydrogens (tertiary/aromatic N) is 5. The first-order valence-corrected chi connectivity index (χ1v) is 11.7. The highest BCUT2D eigenvalue weighted by molar-refractivity contribution is 7.89. The van der Waals surface area contributed by atoms with Crippen molar-refractivity contribution >= 4 is 21.7 Å². The highest BCUT2D eigenvalue weighted by atomic mass is 32.2. The number of benzene rings is 1. The van der Waals surface area contributed by atoms with Crippen molar-refractivity contribution in [2.75, 3.05) is 31.6 Å². The van der Waals surface area contributed by atoms with Crippen LogP contribution in [0.4, 0.5) is 10.2 Å². The van der Waals surface area contributed by atoms with Crippen LogP contribution in [0.5, 0.6) is 0 Å². The molecule has 2 aromatic heterocycles. The van der Waals surface area contributed by atoms with Gasteiger partial charge in [-0.15, -0.1) is 0 Å². The lowest BCUT2D eigenvalue weighted by molar-refractivity contribution is 0.0730. The van der Waals surface area contributed by atoms with Gasteiger partial charge in [-0.1, -0.05) is 0 Å². The Balaban J connectivity index is 1.66. The zero-order chi connectivity index (χ0) is 23.8. The second kappa shape index (κ2) is 8.96. The summed E-state index contributed by atoms with van der Waals surface area (Å²) in [5, 5.41) is 6.92. The standard InChI is InChI=1S/C21H23FN6O4S/c1-13-10-14(2)24-21(23-13)28-19(11-15(3)26-28)25-20(29)17-12-16(4-5-18(17)22)33(30,31)27-6-8-32-9-7-27/h4-5,10-12H,6-9H2,1-3H3,(H,25,29). The lowest BCUT2D eigenvalue weighted by Crippen LogP contribution is -2.40. The quantitative estimate of drug-likeness (QED) is 0.601. The third-order valence-corrected chi connectivity index (χ3v) is 6.92. The van der Waals surface area contributed by atoms with Crippen LogP contribution in [0, 0.1) is 26.6 Å². The van der Waals surface area contributed by atoms with Gasteiger partial charge >= 0.3 is 0 Å². The molecule has 0 atom stereocenters. The second-order valence-electron chi connectivity index (χ2n) is 7.65. The van der Waals surface area contributed by atoms with E-state index in [0.717, 1.165) is 29.6 Å². The van der Waals surface area contributed by atoms with E-state index in [1.165, 1.54) is 8.99 Å². The average molecular weight is 475 g/mol. The summed E-state index contributed by atoms with van der Waals surface area (Å²) in [6, 6.07) is 6.54. The Labute approximate surface area is 190 Å². The Kier molecular flexibility index (Phi) is 6.23. The molecule has 1 aromatic carbocycles. The molecule has 1 N–H and O–H groups in total. The maximum atomic E-state index is 14.6. The largest absolute Gasteiger partial charge is 0.379 e. The van der Waals surface area contributed by atoms with E-state index in [4.69, 9.17) is 4.74 Å². The summed E-state index contributed by atoms with van der Waals surface area (Å²) in [6.07, 6.45) is 0. The number of amides is 1. The monoisotopic (exact) mass is 474 g/mol. The number of carbonyl (C=O) groups excluding carboxylic acids is 1. The molecule has 0 spiro atoms. The molecule has 0 aliphatic carbocycles. The summed E-state index contributed by atoms with van der Waals surface area (Å²) in [5.74, 6) is -1.20. The van der Waals surface area contributed by atoms with E-state index < -0.39 is 27.3 Å². The number of anilines is 1. The Morgan fingerprint density at radius 3 is 2.36 bits per heavy atom. The summed E-state index contributed by atoms with van der Waals surface area (Å²) < 4.78 is 48.2. The van der Waals surface area contributed by atoms with Crippen LogP contribution in [0.1, 0.15) is 27.4 Å². The summed E-state index contributed by atoms with van der Waals surface area (Å²) in [6.45, 7) is 6.27. The minimum absolute atomic E-state index is 0.168. The molecule has 1 aliphatic rings. The molecule has 1 fully saturated rings. The Bertz CT molecular complexity index is 1300. The van der Waals surface area contributed by atoms with Crippen LogP contribution in [0.3, 0.4) is 0 Å². The molecule has 10 nitrogen and oxygen atoms in total. The third kappa shape index (κ3) is 4.77. The highest BCUT2D eigenvalue weighted by Crippen LogP contribution is 2.22. The molecule has 0 unspecified atom stereocenters. The molecule has 0 saturated carbocycles. The van der Waals surface area contributed by atoms with Gasteiger partial charge in [0, 0.05) is 30.5 Å². The predicted molar refractivity (Wildman–Crippen MR) is 117 cm³/mol. The summed E-state index contributed by atoms with van der Waals surface area (Å²) in [4.78, 5) is 21.5. The van der Waals surface area contributed by atoms with Crippen LogP contribution in [0.25, 0.3) is 5.95 Å². The first kappa shape index (κ1) is 23.0. The molecule has 0 bridgehead atoms. The van der Waals surface area contributed by atoms with Gasteiger partial charge < -0.3 is 10.1 Å². The molecule has 1 aliphatic heterocycles. The number of aryl methyl sites for hydroxylation is 3. The zero-order valence-electron chi connectivity index (χ0n) is 18.4. The van der Waals surface area contributed by atoms with Crippen LogP contribution >= 0.6 is 0 Å². The lowest BCUT2D eigenvalue weighted by atomic mass is 10.2. The molecule has 0 radical (unpaired) electrons. The van der Waals surface area contributed by atoms with Gasteiger partial charge in [0.25, 0.3) is 11.9 Å². The van der Waals surface area contributed by atoms with Crippen LogP contribution in [0.2, 0.25) is 0 Å². The van der Waals surface area contributed by atoms with Crippen LogP contribution in [0.15, 0.2) is 35.2 Å². The molecular formula is C21H23FN6O4S. The number of halogens is 1. The Morgan fingerprint density at radius 2 is 1.70 bits per heavy atom. The number of hydrogen-bond acceptors (Lipinski definition) is 7. The number of hydrogen-bond donors (Lipinski definition) is 1. The number of nitrogens with one attached hydrogen (secondary N) is 1. The lowest BCUT2D eigenvalue weighted by Gasteiger charge is -2.26. The fourth-order valence-corrected chi connectivity index (χ4v) is 4.94. The summed E-state index contributed by atoms with van der Waals surface area (Å²) >= 11 is 0. The molecule has 1 amide bonds. The minimum atomic E-state index is -3.90. The van der Waals surface area contributed by atoms with Gasteiger partial charge in [0.15, 0.2) is 0 Å². The predicted octanol–water partition coefficient (Wildman–Crippen LogP) is 2.00. The van der Waals surface area contributed by atoms with Crippen LogP contribution < -0.4 is 5.32 Å². The molecule has 3 aromatic rings. The van der Waals surface area contributed by atoms with Crippen molar-refractivity contribution in [2.45, 2.75) is 25.7 Å². The van der Waals surface area contributed by atoms with Crippen molar-refractivity contribution < 1.29 is 22.3 Å². The van der Waals surface area contributed by atoms with Gasteiger partial charge in [0.1, 0.15) is 11.6 Å². The number of sulfonamides is 1. The maximum absolute atomic E-state index is 14.6. The normalized spacial score (nSPS) is 14.9. The zero-order valence-corrected chi connectivity index (χ0v) is 19.2. The highest BCUT2D eigenvalue weighted by Gasteiger charge is 2.28. The van der Waals surface area contributed by atoms with E-state index >= 15 is 0 Å². The first-order valence-electron chi connectivity index (χ1n) is 10.2. The minimum Gasteiger partial charge on any atom is -0.379 e.